The molecule has 0 aliphatic carbocycles. The third-order valence-corrected chi connectivity index (χ3v) is 6.21. The molecule has 31 heavy (non-hydrogen) atoms. The molecule has 0 spiro atoms. The van der Waals surface area contributed by atoms with Crippen molar-refractivity contribution in [3.05, 3.63) is 59.7 Å². The van der Waals surface area contributed by atoms with Gasteiger partial charge in [-0.1, -0.05) is 74.0 Å². The Labute approximate surface area is 187 Å². The van der Waals surface area contributed by atoms with Crippen LogP contribution in [0.3, 0.4) is 0 Å². The molecule has 0 radical (unpaired) electrons. The predicted molar refractivity (Wildman–Crippen MR) is 123 cm³/mol. The topological polar surface area (TPSA) is 68.2 Å². The number of unbranched alkanes of at least 4 members (excludes halogenated alkanes) is 2. The van der Waals surface area contributed by atoms with Crippen molar-refractivity contribution in [2.75, 3.05) is 10.7 Å². The van der Waals surface area contributed by atoms with Crippen LogP contribution in [0.4, 0.5) is 5.69 Å². The number of anilines is 1. The standard InChI is InChI=1S/C24H26N4O2S/c1-4-5-10-15-31-24-25-22-21(26-27-24)19-13-8-9-14-20(19)28(17(3)29)23(30-22)18-12-7-6-11-16(18)2/h6-9,11-14,23H,4-5,10,15H2,1-3H3/t23-/m0/s1. The van der Waals surface area contributed by atoms with Gasteiger partial charge in [0.2, 0.25) is 23.2 Å². The van der Waals surface area contributed by atoms with Gasteiger partial charge in [-0.25, -0.2) is 0 Å². The van der Waals surface area contributed by atoms with Crippen LogP contribution in [0.5, 0.6) is 5.88 Å². The van der Waals surface area contributed by atoms with Crippen LogP contribution >= 0.6 is 11.8 Å². The number of amides is 1. The molecule has 1 atom stereocenters. The maximum atomic E-state index is 12.8. The van der Waals surface area contributed by atoms with E-state index >= 15 is 0 Å². The first-order chi connectivity index (χ1) is 15.1. The summed E-state index contributed by atoms with van der Waals surface area (Å²) in [7, 11) is 0. The van der Waals surface area contributed by atoms with E-state index in [2.05, 4.69) is 17.1 Å². The first-order valence-electron chi connectivity index (χ1n) is 10.6. The number of rotatable bonds is 6. The summed E-state index contributed by atoms with van der Waals surface area (Å²) in [5.74, 6) is 1.22. The number of fused-ring (bicyclic) bond motifs is 3. The summed E-state index contributed by atoms with van der Waals surface area (Å²) in [5.41, 5.74) is 4.02. The third kappa shape index (κ3) is 4.42. The number of aryl methyl sites for hydroxylation is 1. The highest BCUT2D eigenvalue weighted by molar-refractivity contribution is 7.99. The van der Waals surface area contributed by atoms with Gasteiger partial charge in [-0.2, -0.15) is 4.98 Å². The first-order valence-corrected chi connectivity index (χ1v) is 11.6. The van der Waals surface area contributed by atoms with E-state index in [1.807, 2.05) is 55.5 Å². The van der Waals surface area contributed by atoms with Crippen molar-refractivity contribution in [1.29, 1.82) is 0 Å². The normalized spacial score (nSPS) is 14.9. The molecule has 3 aromatic rings. The average molecular weight is 435 g/mol. The average Bonchev–Trinajstić information content (AvgIpc) is 2.91. The molecule has 0 saturated heterocycles. The summed E-state index contributed by atoms with van der Waals surface area (Å²) in [5, 5.41) is 9.39. The zero-order valence-corrected chi connectivity index (χ0v) is 18.9. The van der Waals surface area contributed by atoms with E-state index in [1.54, 1.807) is 23.6 Å². The quantitative estimate of drug-likeness (QED) is 0.373. The van der Waals surface area contributed by atoms with Gasteiger partial charge in [-0.15, -0.1) is 10.2 Å². The summed E-state index contributed by atoms with van der Waals surface area (Å²) >= 11 is 1.58. The molecular formula is C24H26N4O2S. The van der Waals surface area contributed by atoms with Gasteiger partial charge in [0.15, 0.2) is 5.69 Å². The number of para-hydroxylation sites is 1. The van der Waals surface area contributed by atoms with Crippen LogP contribution in [-0.2, 0) is 4.79 Å². The Morgan fingerprint density at radius 1 is 1.10 bits per heavy atom. The molecule has 1 aromatic heterocycles. The molecule has 2 heterocycles. The number of aromatic nitrogens is 3. The van der Waals surface area contributed by atoms with Gasteiger partial charge in [0.1, 0.15) is 0 Å². The van der Waals surface area contributed by atoms with Gasteiger partial charge >= 0.3 is 0 Å². The molecule has 1 aliphatic heterocycles. The molecule has 0 bridgehead atoms. The maximum Gasteiger partial charge on any atom is 0.247 e. The van der Waals surface area contributed by atoms with Crippen LogP contribution in [-0.4, -0.2) is 26.8 Å². The minimum Gasteiger partial charge on any atom is -0.447 e. The molecule has 4 rings (SSSR count). The number of carbonyl (C=O) groups is 1. The summed E-state index contributed by atoms with van der Waals surface area (Å²) in [4.78, 5) is 19.2. The first kappa shape index (κ1) is 21.3. The Morgan fingerprint density at radius 2 is 1.87 bits per heavy atom. The number of nitrogens with zero attached hydrogens (tertiary/aromatic N) is 4. The van der Waals surface area contributed by atoms with Crippen molar-refractivity contribution in [2.45, 2.75) is 51.4 Å². The van der Waals surface area contributed by atoms with Gasteiger partial charge in [-0.3, -0.25) is 9.69 Å². The second kappa shape index (κ2) is 9.47. The van der Waals surface area contributed by atoms with Crippen molar-refractivity contribution < 1.29 is 9.53 Å². The Kier molecular flexibility index (Phi) is 6.51. The highest BCUT2D eigenvalue weighted by Gasteiger charge is 2.35. The molecule has 7 heteroatoms. The van der Waals surface area contributed by atoms with Gasteiger partial charge in [-0.05, 0) is 25.0 Å². The SMILES string of the molecule is CCCCCSc1nnc2c(n1)O[C@@H](c1ccccc1C)N(C(C)=O)c1ccccc1-2. The van der Waals surface area contributed by atoms with E-state index in [-0.39, 0.29) is 5.91 Å². The molecule has 0 fully saturated rings. The van der Waals surface area contributed by atoms with E-state index < -0.39 is 6.23 Å². The Balaban J connectivity index is 1.82. The fourth-order valence-corrected chi connectivity index (χ4v) is 4.47. The largest absolute Gasteiger partial charge is 0.447 e. The smallest absolute Gasteiger partial charge is 0.247 e. The molecular weight excluding hydrogens is 408 g/mol. The zero-order chi connectivity index (χ0) is 21.8. The fraction of sp³-hybridized carbons (Fsp3) is 0.333. The lowest BCUT2D eigenvalue weighted by Gasteiger charge is -2.30. The zero-order valence-electron chi connectivity index (χ0n) is 18.0. The van der Waals surface area contributed by atoms with E-state index in [4.69, 9.17) is 9.72 Å². The van der Waals surface area contributed by atoms with Gasteiger partial charge in [0, 0.05) is 23.8 Å². The molecule has 160 valence electrons. The maximum absolute atomic E-state index is 12.8. The predicted octanol–water partition coefficient (Wildman–Crippen LogP) is 5.57. The van der Waals surface area contributed by atoms with Crippen LogP contribution in [0.1, 0.15) is 50.5 Å². The summed E-state index contributed by atoms with van der Waals surface area (Å²) in [6.07, 6.45) is 2.81. The lowest BCUT2D eigenvalue weighted by atomic mass is 10.0. The number of carbonyl (C=O) groups excluding carboxylic acids is 1. The molecule has 2 aromatic carbocycles. The van der Waals surface area contributed by atoms with Crippen molar-refractivity contribution in [3.8, 4) is 17.1 Å². The van der Waals surface area contributed by atoms with Crippen molar-refractivity contribution in [1.82, 2.24) is 15.2 Å². The lowest BCUT2D eigenvalue weighted by Crippen LogP contribution is -2.36. The summed E-state index contributed by atoms with van der Waals surface area (Å²) in [6, 6.07) is 15.6. The molecule has 0 unspecified atom stereocenters. The van der Waals surface area contributed by atoms with Crippen LogP contribution in [0, 0.1) is 6.92 Å². The van der Waals surface area contributed by atoms with Crippen molar-refractivity contribution >= 4 is 23.4 Å². The van der Waals surface area contributed by atoms with E-state index in [9.17, 15) is 4.79 Å². The lowest BCUT2D eigenvalue weighted by molar-refractivity contribution is -0.118. The molecule has 6 nitrogen and oxygen atoms in total. The number of ether oxygens (including phenoxy) is 1. The number of hydrogen-bond donors (Lipinski definition) is 0. The van der Waals surface area contributed by atoms with Crippen LogP contribution in [0.2, 0.25) is 0 Å². The second-order valence-corrected chi connectivity index (χ2v) is 8.60. The molecule has 1 aliphatic rings. The van der Waals surface area contributed by atoms with E-state index in [0.717, 1.165) is 34.6 Å². The van der Waals surface area contributed by atoms with Gasteiger partial charge < -0.3 is 4.74 Å². The minimum atomic E-state index is -0.643. The minimum absolute atomic E-state index is 0.115. The van der Waals surface area contributed by atoms with Crippen LogP contribution < -0.4 is 9.64 Å². The highest BCUT2D eigenvalue weighted by Crippen LogP contribution is 2.43. The number of benzene rings is 2. The molecule has 1 amide bonds. The van der Waals surface area contributed by atoms with Crippen molar-refractivity contribution in [2.24, 2.45) is 0 Å². The Bertz CT molecular complexity index is 1090. The van der Waals surface area contributed by atoms with Crippen LogP contribution in [0.25, 0.3) is 11.3 Å². The Morgan fingerprint density at radius 3 is 2.65 bits per heavy atom. The molecule has 0 N–H and O–H groups in total. The second-order valence-electron chi connectivity index (χ2n) is 7.54. The Hall–Kier alpha value is -2.93. The third-order valence-electron chi connectivity index (χ3n) is 5.28. The summed E-state index contributed by atoms with van der Waals surface area (Å²) < 4.78 is 6.43. The summed E-state index contributed by atoms with van der Waals surface area (Å²) in [6.45, 7) is 5.75. The van der Waals surface area contributed by atoms with Crippen molar-refractivity contribution in [3.63, 3.8) is 0 Å². The number of hydrogen-bond acceptors (Lipinski definition) is 6. The van der Waals surface area contributed by atoms with E-state index in [0.29, 0.717) is 16.7 Å². The number of thioether (sulfide) groups is 1. The van der Waals surface area contributed by atoms with Gasteiger partial charge in [0.05, 0.1) is 5.69 Å². The fourth-order valence-electron chi connectivity index (χ4n) is 3.70. The highest BCUT2D eigenvalue weighted by atomic mass is 32.2. The van der Waals surface area contributed by atoms with Crippen LogP contribution in [0.15, 0.2) is 53.7 Å². The monoisotopic (exact) mass is 434 g/mol. The van der Waals surface area contributed by atoms with E-state index in [1.165, 1.54) is 12.8 Å². The molecule has 0 saturated carbocycles. The van der Waals surface area contributed by atoms with Gasteiger partial charge in [0.25, 0.3) is 0 Å².